The molecule has 4 amide bonds. The molecule has 10 heteroatoms. The van der Waals surface area contributed by atoms with Gasteiger partial charge in [0.25, 0.3) is 0 Å². The average molecular weight is 490 g/mol. The lowest BCUT2D eigenvalue weighted by atomic mass is 10.0. The number of hydrazine groups is 1. The molecule has 0 spiro atoms. The highest BCUT2D eigenvalue weighted by molar-refractivity contribution is 5.93. The van der Waals surface area contributed by atoms with Crippen LogP contribution in [0.3, 0.4) is 0 Å². The van der Waals surface area contributed by atoms with Crippen LogP contribution in [0.25, 0.3) is 0 Å². The fourth-order valence-electron chi connectivity index (χ4n) is 4.60. The molecule has 0 radical (unpaired) electrons. The number of benzene rings is 2. The molecule has 186 valence electrons. The van der Waals surface area contributed by atoms with Gasteiger partial charge in [-0.05, 0) is 11.1 Å². The molecule has 2 aliphatic heterocycles. The molecule has 0 unspecified atom stereocenters. The Morgan fingerprint density at radius 2 is 1.67 bits per heavy atom. The van der Waals surface area contributed by atoms with Gasteiger partial charge in [0, 0.05) is 13.1 Å². The summed E-state index contributed by atoms with van der Waals surface area (Å²) in [5.41, 5.74) is 1.73. The molecule has 2 aromatic carbocycles. The van der Waals surface area contributed by atoms with Gasteiger partial charge in [0.2, 0.25) is 11.8 Å². The van der Waals surface area contributed by atoms with Crippen LogP contribution in [-0.2, 0) is 27.5 Å². The van der Waals surface area contributed by atoms with Crippen LogP contribution in [0, 0.1) is 12.3 Å². The molecule has 4 rings (SSSR count). The molecular weight excluding hydrogens is 462 g/mol. The number of carboxylic acids is 1. The summed E-state index contributed by atoms with van der Waals surface area (Å²) in [5, 5.41) is 15.2. The Labute approximate surface area is 209 Å². The third-order valence-corrected chi connectivity index (χ3v) is 6.18. The van der Waals surface area contributed by atoms with Crippen molar-refractivity contribution in [1.29, 1.82) is 0 Å². The number of urea groups is 1. The molecule has 2 aliphatic rings. The molecule has 0 aromatic heterocycles. The Kier molecular flexibility index (Phi) is 7.51. The molecule has 0 bridgehead atoms. The molecule has 2 heterocycles. The topological polar surface area (TPSA) is 114 Å². The van der Waals surface area contributed by atoms with Gasteiger partial charge in [-0.15, -0.1) is 6.42 Å². The number of carbonyl (C=O) groups is 4. The van der Waals surface area contributed by atoms with E-state index in [1.54, 1.807) is 0 Å². The summed E-state index contributed by atoms with van der Waals surface area (Å²) in [5.74, 6) is 0.331. The van der Waals surface area contributed by atoms with Crippen molar-refractivity contribution in [3.8, 4) is 12.3 Å². The smallest absolute Gasteiger partial charge is 0.334 e. The van der Waals surface area contributed by atoms with Gasteiger partial charge in [-0.2, -0.15) is 5.01 Å². The van der Waals surface area contributed by atoms with Gasteiger partial charge < -0.3 is 20.2 Å². The number of nitrogens with zero attached hydrogens (tertiary/aromatic N) is 4. The van der Waals surface area contributed by atoms with E-state index in [0.29, 0.717) is 0 Å². The van der Waals surface area contributed by atoms with E-state index in [-0.39, 0.29) is 32.7 Å². The Balaban J connectivity index is 1.66. The van der Waals surface area contributed by atoms with Gasteiger partial charge in [-0.1, -0.05) is 66.6 Å². The van der Waals surface area contributed by atoms with Crippen molar-refractivity contribution in [1.82, 2.24) is 25.1 Å². The number of fused-ring (bicyclic) bond motifs is 1. The van der Waals surface area contributed by atoms with Crippen molar-refractivity contribution in [2.75, 3.05) is 19.6 Å². The van der Waals surface area contributed by atoms with Crippen molar-refractivity contribution in [2.45, 2.75) is 31.7 Å². The fourth-order valence-corrected chi connectivity index (χ4v) is 4.60. The van der Waals surface area contributed by atoms with Crippen molar-refractivity contribution in [3.05, 3.63) is 71.8 Å². The van der Waals surface area contributed by atoms with Gasteiger partial charge in [0.05, 0.1) is 26.1 Å². The predicted octanol–water partition coefficient (Wildman–Crippen LogP) is 1.10. The number of carboxylic acid groups (broad SMARTS) is 1. The van der Waals surface area contributed by atoms with Gasteiger partial charge in [0.15, 0.2) is 0 Å². The zero-order valence-corrected chi connectivity index (χ0v) is 19.6. The second kappa shape index (κ2) is 10.9. The Morgan fingerprint density at radius 1 is 1.03 bits per heavy atom. The first-order valence-corrected chi connectivity index (χ1v) is 11.5. The number of hydrogen-bond donors (Lipinski definition) is 2. The van der Waals surface area contributed by atoms with Crippen LogP contribution in [0.1, 0.15) is 17.5 Å². The fraction of sp³-hybridized carbons (Fsp3) is 0.308. The Hall–Kier alpha value is -4.36. The highest BCUT2D eigenvalue weighted by atomic mass is 16.4. The lowest BCUT2D eigenvalue weighted by molar-refractivity contribution is -0.190. The normalized spacial score (nSPS) is 20.0. The van der Waals surface area contributed by atoms with E-state index in [0.717, 1.165) is 11.1 Å². The van der Waals surface area contributed by atoms with Crippen LogP contribution in [0.2, 0.25) is 0 Å². The van der Waals surface area contributed by atoms with Crippen LogP contribution >= 0.6 is 0 Å². The maximum Gasteiger partial charge on any atom is 0.334 e. The Morgan fingerprint density at radius 3 is 2.28 bits per heavy atom. The van der Waals surface area contributed by atoms with Crippen molar-refractivity contribution in [2.24, 2.45) is 0 Å². The molecule has 2 fully saturated rings. The number of amides is 4. The summed E-state index contributed by atoms with van der Waals surface area (Å²) < 4.78 is 0. The summed E-state index contributed by atoms with van der Waals surface area (Å²) >= 11 is 0. The van der Waals surface area contributed by atoms with Gasteiger partial charge in [0.1, 0.15) is 12.2 Å². The Bertz CT molecular complexity index is 1170. The van der Waals surface area contributed by atoms with E-state index < -0.39 is 42.4 Å². The zero-order valence-electron chi connectivity index (χ0n) is 19.6. The minimum atomic E-state index is -1.24. The minimum absolute atomic E-state index is 0.00886. The summed E-state index contributed by atoms with van der Waals surface area (Å²) in [6.07, 6.45) is 4.04. The molecule has 36 heavy (non-hydrogen) atoms. The summed E-state index contributed by atoms with van der Waals surface area (Å²) in [6.45, 7) is 0.205. The highest BCUT2D eigenvalue weighted by Crippen LogP contribution is 2.28. The summed E-state index contributed by atoms with van der Waals surface area (Å²) in [7, 11) is 0. The van der Waals surface area contributed by atoms with E-state index >= 15 is 0 Å². The van der Waals surface area contributed by atoms with E-state index in [2.05, 4.69) is 11.2 Å². The summed E-state index contributed by atoms with van der Waals surface area (Å²) in [6, 6.07) is 16.8. The first-order chi connectivity index (χ1) is 17.4. The number of rotatable bonds is 7. The maximum absolute atomic E-state index is 13.4. The average Bonchev–Trinajstić information content (AvgIpc) is 2.86. The first kappa shape index (κ1) is 24.8. The van der Waals surface area contributed by atoms with E-state index in [9.17, 15) is 24.3 Å². The molecule has 2 atom stereocenters. The zero-order chi connectivity index (χ0) is 25.7. The monoisotopic (exact) mass is 489 g/mol. The SMILES string of the molecule is C#CCN1CC(=O)N2[C@@H](CC(=O)O)C(=O)N(Cc3ccccc3)C[C@@H]2N1C(=O)NCc1ccccc1. The molecule has 2 aromatic rings. The third-order valence-electron chi connectivity index (χ3n) is 6.18. The van der Waals surface area contributed by atoms with Crippen LogP contribution in [0.4, 0.5) is 4.79 Å². The number of aliphatic carboxylic acids is 1. The third kappa shape index (κ3) is 5.31. The standard InChI is InChI=1S/C26H27N5O5/c1-2-13-29-18-23(32)30-21(14-24(33)34)25(35)28(16-20-11-7-4-8-12-20)17-22(30)31(29)26(36)27-15-19-9-5-3-6-10-19/h1,3-12,21-22H,13-18H2,(H,27,36)(H,33,34)/t21-,22-/m0/s1. The highest BCUT2D eigenvalue weighted by Gasteiger charge is 2.51. The second-order valence-corrected chi connectivity index (χ2v) is 8.62. The molecule has 0 aliphatic carbocycles. The van der Waals surface area contributed by atoms with Crippen LogP contribution in [0.5, 0.6) is 0 Å². The van der Waals surface area contributed by atoms with Gasteiger partial charge >= 0.3 is 12.0 Å². The minimum Gasteiger partial charge on any atom is -0.481 e. The van der Waals surface area contributed by atoms with Crippen molar-refractivity contribution in [3.63, 3.8) is 0 Å². The van der Waals surface area contributed by atoms with Crippen LogP contribution < -0.4 is 5.32 Å². The quantitative estimate of drug-likeness (QED) is 0.564. The lowest BCUT2D eigenvalue weighted by Gasteiger charge is -2.54. The maximum atomic E-state index is 13.4. The largest absolute Gasteiger partial charge is 0.481 e. The van der Waals surface area contributed by atoms with Gasteiger partial charge in [-0.3, -0.25) is 14.4 Å². The molecule has 0 saturated carbocycles. The lowest BCUT2D eigenvalue weighted by Crippen LogP contribution is -2.76. The second-order valence-electron chi connectivity index (χ2n) is 8.62. The van der Waals surface area contributed by atoms with Crippen LogP contribution in [-0.4, -0.2) is 80.6 Å². The predicted molar refractivity (Wildman–Crippen MR) is 129 cm³/mol. The van der Waals surface area contributed by atoms with E-state index in [1.165, 1.54) is 19.8 Å². The number of terminal acetylenes is 1. The van der Waals surface area contributed by atoms with E-state index in [4.69, 9.17) is 6.42 Å². The molecule has 2 saturated heterocycles. The summed E-state index contributed by atoms with van der Waals surface area (Å²) in [4.78, 5) is 54.3. The number of hydrogen-bond acceptors (Lipinski definition) is 5. The molecular formula is C26H27N5O5. The number of nitrogens with one attached hydrogen (secondary N) is 1. The van der Waals surface area contributed by atoms with Crippen LogP contribution in [0.15, 0.2) is 60.7 Å². The number of carbonyl (C=O) groups excluding carboxylic acids is 3. The molecule has 2 N–H and O–H groups in total. The van der Waals surface area contributed by atoms with E-state index in [1.807, 2.05) is 60.7 Å². The van der Waals surface area contributed by atoms with Gasteiger partial charge in [-0.25, -0.2) is 9.80 Å². The molecule has 10 nitrogen and oxygen atoms in total. The first-order valence-electron chi connectivity index (χ1n) is 11.5. The number of piperazine rings is 1. The van der Waals surface area contributed by atoms with Crippen molar-refractivity contribution < 1.29 is 24.3 Å². The van der Waals surface area contributed by atoms with Crippen molar-refractivity contribution >= 4 is 23.8 Å².